The third-order valence-corrected chi connectivity index (χ3v) is 8.39. The molecule has 0 aliphatic carbocycles. The van der Waals surface area contributed by atoms with Crippen LogP contribution in [0.25, 0.3) is 27.6 Å². The fraction of sp³-hybridized carbons (Fsp3) is 0.160. The van der Waals surface area contributed by atoms with E-state index in [1.54, 1.807) is 36.4 Å². The molecule has 0 saturated carbocycles. The van der Waals surface area contributed by atoms with Crippen LogP contribution in [-0.2, 0) is 15.8 Å². The van der Waals surface area contributed by atoms with E-state index in [2.05, 4.69) is 14.9 Å². The van der Waals surface area contributed by atoms with Crippen LogP contribution in [0.15, 0.2) is 62.8 Å². The van der Waals surface area contributed by atoms with Crippen LogP contribution in [0.2, 0.25) is 10.0 Å². The zero-order valence-corrected chi connectivity index (χ0v) is 27.9. The molecule has 0 atom stereocenters. The van der Waals surface area contributed by atoms with Gasteiger partial charge in [0.2, 0.25) is 21.6 Å². The van der Waals surface area contributed by atoms with Crippen molar-refractivity contribution in [2.75, 3.05) is 21.3 Å². The molecule has 1 aromatic heterocycles. The van der Waals surface area contributed by atoms with Gasteiger partial charge in [0.1, 0.15) is 0 Å². The molecule has 4 rings (SSSR count). The third kappa shape index (κ3) is 7.25. The average Bonchev–Trinajstić information content (AvgIpc) is 3.41. The molecular formula is C25H19Cl2KN4O6S2. The SMILES string of the molecule is COc1cc(CSc2cc(Cl)c(-c3nc(-c4ccc(Cl)cc4)no3)cc2S(=O)(=O)[N-]C#N)cc(OC)c1OC.[K+]. The Morgan fingerprint density at radius 2 is 1.68 bits per heavy atom. The maximum absolute atomic E-state index is 12.9. The number of hydrogen-bond donors (Lipinski definition) is 0. The molecular weight excluding hydrogens is 626 g/mol. The minimum atomic E-state index is -4.37. The van der Waals surface area contributed by atoms with Crippen molar-refractivity contribution in [2.45, 2.75) is 15.5 Å². The molecule has 4 aromatic rings. The molecule has 0 aliphatic rings. The first-order valence-electron chi connectivity index (χ1n) is 10.9. The van der Waals surface area contributed by atoms with Crippen LogP contribution in [0.1, 0.15) is 5.56 Å². The first-order valence-corrected chi connectivity index (χ1v) is 14.1. The summed E-state index contributed by atoms with van der Waals surface area (Å²) in [7, 11) is 0.121. The topological polar surface area (TPSA) is 139 Å². The van der Waals surface area contributed by atoms with Gasteiger partial charge in [0.25, 0.3) is 5.89 Å². The van der Waals surface area contributed by atoms with E-state index in [-0.39, 0.29) is 83.5 Å². The van der Waals surface area contributed by atoms with Gasteiger partial charge in [-0.05, 0) is 54.1 Å². The van der Waals surface area contributed by atoms with Crippen molar-refractivity contribution >= 4 is 45.0 Å². The third-order valence-electron chi connectivity index (χ3n) is 5.35. The van der Waals surface area contributed by atoms with E-state index in [0.29, 0.717) is 33.6 Å². The van der Waals surface area contributed by atoms with Crippen LogP contribution in [-0.4, -0.2) is 39.9 Å². The molecule has 15 heteroatoms. The molecule has 0 spiro atoms. The second kappa shape index (κ2) is 14.3. The number of nitrogens with zero attached hydrogens (tertiary/aromatic N) is 4. The summed E-state index contributed by atoms with van der Waals surface area (Å²) in [6, 6.07) is 13.0. The second-order valence-corrected chi connectivity index (χ2v) is 11.1. The van der Waals surface area contributed by atoms with E-state index in [0.717, 1.165) is 17.3 Å². The minimum Gasteiger partial charge on any atom is -0.493 e. The fourth-order valence-electron chi connectivity index (χ4n) is 3.55. The van der Waals surface area contributed by atoms with Gasteiger partial charge in [-0.3, -0.25) is 0 Å². The van der Waals surface area contributed by atoms with Crippen molar-refractivity contribution in [3.05, 3.63) is 68.9 Å². The number of ether oxygens (including phenoxy) is 3. The van der Waals surface area contributed by atoms with Gasteiger partial charge in [-0.25, -0.2) is 8.42 Å². The van der Waals surface area contributed by atoms with Gasteiger partial charge in [-0.1, -0.05) is 34.6 Å². The minimum absolute atomic E-state index is 0. The van der Waals surface area contributed by atoms with E-state index >= 15 is 0 Å². The molecule has 40 heavy (non-hydrogen) atoms. The normalized spacial score (nSPS) is 10.8. The molecule has 0 radical (unpaired) electrons. The summed E-state index contributed by atoms with van der Waals surface area (Å²) in [5.74, 6) is 1.85. The molecule has 0 N–H and O–H groups in total. The van der Waals surface area contributed by atoms with Gasteiger partial charge >= 0.3 is 51.4 Å². The number of hydrogen-bond acceptors (Lipinski definition) is 10. The largest absolute Gasteiger partial charge is 1.00 e. The quantitative estimate of drug-likeness (QED) is 0.143. The van der Waals surface area contributed by atoms with Crippen molar-refractivity contribution in [1.29, 1.82) is 5.26 Å². The number of nitriles is 1. The Labute approximate surface area is 287 Å². The molecule has 0 aliphatic heterocycles. The molecule has 10 nitrogen and oxygen atoms in total. The Morgan fingerprint density at radius 3 is 2.25 bits per heavy atom. The van der Waals surface area contributed by atoms with E-state index in [1.807, 2.05) is 0 Å². The molecule has 0 fully saturated rings. The number of aromatic nitrogens is 2. The summed E-state index contributed by atoms with van der Waals surface area (Å²) in [4.78, 5) is 4.36. The van der Waals surface area contributed by atoms with Crippen LogP contribution < -0.4 is 65.6 Å². The van der Waals surface area contributed by atoms with Crippen molar-refractivity contribution in [1.82, 2.24) is 10.1 Å². The Bertz CT molecular complexity index is 1640. The Morgan fingerprint density at radius 1 is 1.02 bits per heavy atom. The van der Waals surface area contributed by atoms with Gasteiger partial charge in [0.05, 0.1) is 36.8 Å². The Kier molecular flexibility index (Phi) is 11.6. The van der Waals surface area contributed by atoms with Gasteiger partial charge in [0, 0.05) is 21.2 Å². The Balaban J connectivity index is 0.00000441. The number of methoxy groups -OCH3 is 3. The van der Waals surface area contributed by atoms with E-state index in [9.17, 15) is 8.42 Å². The summed E-state index contributed by atoms with van der Waals surface area (Å²) in [5.41, 5.74) is 1.54. The van der Waals surface area contributed by atoms with Crippen LogP contribution in [0.5, 0.6) is 17.2 Å². The number of halogens is 2. The summed E-state index contributed by atoms with van der Waals surface area (Å²) < 4.78 is 50.5. The van der Waals surface area contributed by atoms with Gasteiger partial charge < -0.3 is 28.7 Å². The average molecular weight is 646 g/mol. The first-order chi connectivity index (χ1) is 18.7. The standard InChI is InChI=1S/C25H19Cl2N4O6S2.K/c1-34-19-8-14(9-20(35-2)23(19)36-3)12-38-21-11-18(27)17(10-22(21)39(32,33)29-13-28)25-30-24(31-37-25)15-4-6-16(26)7-5-15;/h4-11H,12H2,1-3H3;/q-1;+1. The van der Waals surface area contributed by atoms with Crippen LogP contribution in [0.4, 0.5) is 0 Å². The van der Waals surface area contributed by atoms with Crippen LogP contribution >= 0.6 is 35.0 Å². The van der Waals surface area contributed by atoms with Crippen LogP contribution in [0, 0.1) is 11.5 Å². The molecule has 0 bridgehead atoms. The van der Waals surface area contributed by atoms with E-state index < -0.39 is 10.0 Å². The fourth-order valence-corrected chi connectivity index (χ4v) is 6.15. The van der Waals surface area contributed by atoms with Crippen molar-refractivity contribution in [3.63, 3.8) is 0 Å². The van der Waals surface area contributed by atoms with E-state index in [4.69, 9.17) is 47.2 Å². The van der Waals surface area contributed by atoms with Crippen molar-refractivity contribution < 1.29 is 78.5 Å². The summed E-state index contributed by atoms with van der Waals surface area (Å²) in [6.07, 6.45) is 1.34. The van der Waals surface area contributed by atoms with Crippen LogP contribution in [0.3, 0.4) is 0 Å². The molecule has 1 heterocycles. The predicted octanol–water partition coefficient (Wildman–Crippen LogP) is 3.58. The van der Waals surface area contributed by atoms with Crippen molar-refractivity contribution in [3.8, 4) is 46.3 Å². The summed E-state index contributed by atoms with van der Waals surface area (Å²) in [6.45, 7) is 0. The molecule has 3 aromatic carbocycles. The number of thioether (sulfide) groups is 1. The number of rotatable bonds is 10. The zero-order chi connectivity index (χ0) is 28.2. The monoisotopic (exact) mass is 644 g/mol. The predicted molar refractivity (Wildman–Crippen MR) is 147 cm³/mol. The zero-order valence-electron chi connectivity index (χ0n) is 21.6. The summed E-state index contributed by atoms with van der Waals surface area (Å²) >= 11 is 13.7. The Hall–Kier alpha value is -1.99. The first kappa shape index (κ1) is 32.5. The molecule has 202 valence electrons. The number of benzene rings is 3. The second-order valence-electron chi connectivity index (χ2n) is 7.70. The number of sulfonamides is 1. The molecule has 0 saturated heterocycles. The summed E-state index contributed by atoms with van der Waals surface area (Å²) in [5, 5.41) is 13.7. The van der Waals surface area contributed by atoms with Gasteiger partial charge in [0.15, 0.2) is 11.5 Å². The maximum Gasteiger partial charge on any atom is 1.00 e. The maximum atomic E-state index is 12.9. The van der Waals surface area contributed by atoms with Gasteiger partial charge in [-0.2, -0.15) is 4.98 Å². The molecule has 0 amide bonds. The van der Waals surface area contributed by atoms with Gasteiger partial charge in [-0.15, -0.1) is 11.8 Å². The smallest absolute Gasteiger partial charge is 0.493 e. The van der Waals surface area contributed by atoms with E-state index in [1.165, 1.54) is 39.7 Å². The molecule has 0 unspecified atom stereocenters. The van der Waals surface area contributed by atoms with Crippen molar-refractivity contribution in [2.24, 2.45) is 0 Å².